The van der Waals surface area contributed by atoms with Crippen LogP contribution in [0.5, 0.6) is 23.0 Å². The zero-order chi connectivity index (χ0) is 17.7. The van der Waals surface area contributed by atoms with E-state index in [9.17, 15) is 5.11 Å². The summed E-state index contributed by atoms with van der Waals surface area (Å²) in [5, 5.41) is 13.5. The van der Waals surface area contributed by atoms with Gasteiger partial charge < -0.3 is 29.2 Å². The number of hydrogen-bond donors (Lipinski definition) is 2. The maximum absolute atomic E-state index is 9.91. The molecule has 2 N–H and O–H groups in total. The molecule has 5 rings (SSSR count). The van der Waals surface area contributed by atoms with Crippen LogP contribution in [-0.2, 0) is 6.54 Å². The van der Waals surface area contributed by atoms with Gasteiger partial charge in [0, 0.05) is 18.4 Å². The highest BCUT2D eigenvalue weighted by atomic mass is 16.7. The summed E-state index contributed by atoms with van der Waals surface area (Å²) in [4.78, 5) is 0. The maximum atomic E-state index is 9.91. The topological polar surface area (TPSA) is 64.9 Å². The van der Waals surface area contributed by atoms with E-state index in [0.29, 0.717) is 12.3 Å². The van der Waals surface area contributed by atoms with Crippen LogP contribution in [0.15, 0.2) is 48.7 Å². The Morgan fingerprint density at radius 2 is 2.12 bits per heavy atom. The Labute approximate surface area is 150 Å². The summed E-state index contributed by atoms with van der Waals surface area (Å²) < 4.78 is 18.7. The molecule has 0 saturated carbocycles. The van der Waals surface area contributed by atoms with E-state index in [-0.39, 0.29) is 18.6 Å². The van der Waals surface area contributed by atoms with Gasteiger partial charge >= 0.3 is 0 Å². The first-order valence-corrected chi connectivity index (χ1v) is 8.45. The summed E-state index contributed by atoms with van der Waals surface area (Å²) >= 11 is 0. The molecule has 6 nitrogen and oxygen atoms in total. The van der Waals surface area contributed by atoms with Gasteiger partial charge in [0.1, 0.15) is 0 Å². The van der Waals surface area contributed by atoms with E-state index < -0.39 is 0 Å². The number of nitrogens with zero attached hydrogens (tertiary/aromatic N) is 1. The highest BCUT2D eigenvalue weighted by Gasteiger charge is 2.29. The van der Waals surface area contributed by atoms with Crippen LogP contribution in [0.4, 0.5) is 0 Å². The summed E-state index contributed by atoms with van der Waals surface area (Å²) in [7, 11) is 1.55. The average Bonchev–Trinajstić information content (AvgIpc) is 3.30. The lowest BCUT2D eigenvalue weighted by Gasteiger charge is -2.19. The van der Waals surface area contributed by atoms with Crippen molar-refractivity contribution in [2.24, 2.45) is 0 Å². The molecule has 1 aromatic heterocycles. The van der Waals surface area contributed by atoms with Gasteiger partial charge in [0.25, 0.3) is 0 Å². The standard InChI is InChI=1S/C20H18N2O4/c1-24-17-9-12(4-6-15(17)23)18-14-3-2-8-22(14)19-13(10-21-18)5-7-16-20(19)26-11-25-16/h2-9,18,21,23H,10-11H2,1H3/t18-/m1/s1. The smallest absolute Gasteiger partial charge is 0.231 e. The zero-order valence-corrected chi connectivity index (χ0v) is 14.2. The van der Waals surface area contributed by atoms with Crippen molar-refractivity contribution in [2.75, 3.05) is 13.9 Å². The molecule has 3 aromatic rings. The number of benzene rings is 2. The van der Waals surface area contributed by atoms with Crippen LogP contribution in [-0.4, -0.2) is 23.6 Å². The molecule has 6 heteroatoms. The molecule has 2 aliphatic heterocycles. The molecule has 0 spiro atoms. The molecule has 0 aliphatic carbocycles. The first-order valence-electron chi connectivity index (χ1n) is 8.45. The molecular formula is C20H18N2O4. The minimum Gasteiger partial charge on any atom is -0.504 e. The Balaban J connectivity index is 1.67. The fraction of sp³-hybridized carbons (Fsp3) is 0.200. The number of fused-ring (bicyclic) bond motifs is 5. The molecule has 0 bridgehead atoms. The molecule has 132 valence electrons. The third-order valence-electron chi connectivity index (χ3n) is 4.95. The number of rotatable bonds is 2. The van der Waals surface area contributed by atoms with E-state index in [4.69, 9.17) is 14.2 Å². The highest BCUT2D eigenvalue weighted by Crippen LogP contribution is 2.43. The van der Waals surface area contributed by atoms with Crippen LogP contribution in [0.25, 0.3) is 5.69 Å². The second-order valence-electron chi connectivity index (χ2n) is 6.36. The molecule has 1 atom stereocenters. The lowest BCUT2D eigenvalue weighted by molar-refractivity contribution is 0.173. The number of aromatic nitrogens is 1. The van der Waals surface area contributed by atoms with Gasteiger partial charge in [-0.05, 0) is 41.5 Å². The van der Waals surface area contributed by atoms with Crippen LogP contribution in [0.1, 0.15) is 22.9 Å². The van der Waals surface area contributed by atoms with Crippen molar-refractivity contribution in [3.63, 3.8) is 0 Å². The fourth-order valence-corrected chi connectivity index (χ4v) is 3.72. The Kier molecular flexibility index (Phi) is 3.33. The molecule has 2 aromatic carbocycles. The Hall–Kier alpha value is -3.12. The van der Waals surface area contributed by atoms with E-state index in [1.54, 1.807) is 13.2 Å². The number of nitrogens with one attached hydrogen (secondary N) is 1. The number of hydrogen-bond acceptors (Lipinski definition) is 5. The summed E-state index contributed by atoms with van der Waals surface area (Å²) in [6.45, 7) is 0.927. The molecule has 0 amide bonds. The molecule has 0 saturated heterocycles. The normalized spacial score (nSPS) is 17.3. The first-order chi connectivity index (χ1) is 12.8. The minimum absolute atomic E-state index is 0.0510. The monoisotopic (exact) mass is 350 g/mol. The molecule has 3 heterocycles. The Morgan fingerprint density at radius 3 is 3.00 bits per heavy atom. The fourth-order valence-electron chi connectivity index (χ4n) is 3.72. The first kappa shape index (κ1) is 15.2. The minimum atomic E-state index is -0.0510. The van der Waals surface area contributed by atoms with Crippen molar-refractivity contribution in [3.05, 3.63) is 65.5 Å². The quantitative estimate of drug-likeness (QED) is 0.743. The summed E-state index contributed by atoms with van der Waals surface area (Å²) in [5.74, 6) is 2.15. The SMILES string of the molecule is COc1cc([C@H]2NCc3ccc4c(c3-n3cccc32)OCO4)ccc1O. The van der Waals surface area contributed by atoms with Gasteiger partial charge in [-0.15, -0.1) is 0 Å². The molecule has 2 aliphatic rings. The van der Waals surface area contributed by atoms with E-state index in [1.807, 2.05) is 30.5 Å². The Bertz CT molecular complexity index is 995. The van der Waals surface area contributed by atoms with Gasteiger partial charge in [0.15, 0.2) is 23.0 Å². The lowest BCUT2D eigenvalue weighted by atomic mass is 10.0. The zero-order valence-electron chi connectivity index (χ0n) is 14.2. The highest BCUT2D eigenvalue weighted by molar-refractivity contribution is 5.63. The third kappa shape index (κ3) is 2.16. The Morgan fingerprint density at radius 1 is 1.19 bits per heavy atom. The van der Waals surface area contributed by atoms with Gasteiger partial charge in [-0.2, -0.15) is 0 Å². The molecular weight excluding hydrogens is 332 g/mol. The maximum Gasteiger partial charge on any atom is 0.231 e. The van der Waals surface area contributed by atoms with E-state index in [2.05, 4.69) is 22.0 Å². The van der Waals surface area contributed by atoms with E-state index >= 15 is 0 Å². The predicted octanol–water partition coefficient (Wildman–Crippen LogP) is 3.11. The number of aromatic hydroxyl groups is 1. The van der Waals surface area contributed by atoms with Crippen molar-refractivity contribution in [1.82, 2.24) is 9.88 Å². The van der Waals surface area contributed by atoms with E-state index in [0.717, 1.165) is 34.0 Å². The van der Waals surface area contributed by atoms with Crippen molar-refractivity contribution in [2.45, 2.75) is 12.6 Å². The van der Waals surface area contributed by atoms with E-state index in [1.165, 1.54) is 0 Å². The largest absolute Gasteiger partial charge is 0.504 e. The number of ether oxygens (including phenoxy) is 3. The van der Waals surface area contributed by atoms with Gasteiger partial charge in [-0.3, -0.25) is 0 Å². The second kappa shape index (κ2) is 5.71. The molecule has 0 unspecified atom stereocenters. The van der Waals surface area contributed by atoms with Crippen LogP contribution in [0, 0.1) is 0 Å². The molecule has 26 heavy (non-hydrogen) atoms. The van der Waals surface area contributed by atoms with Crippen molar-refractivity contribution in [1.29, 1.82) is 0 Å². The van der Waals surface area contributed by atoms with Gasteiger partial charge in [-0.1, -0.05) is 12.1 Å². The third-order valence-corrected chi connectivity index (χ3v) is 4.95. The molecule has 0 fully saturated rings. The van der Waals surface area contributed by atoms with Gasteiger partial charge in [0.2, 0.25) is 6.79 Å². The van der Waals surface area contributed by atoms with Crippen LogP contribution in [0.2, 0.25) is 0 Å². The van der Waals surface area contributed by atoms with Crippen LogP contribution >= 0.6 is 0 Å². The summed E-state index contributed by atoms with van der Waals surface area (Å²) in [5.41, 5.74) is 4.25. The second-order valence-corrected chi connectivity index (χ2v) is 6.36. The number of phenolic OH excluding ortho intramolecular Hbond substituents is 1. The van der Waals surface area contributed by atoms with Crippen molar-refractivity contribution < 1.29 is 19.3 Å². The summed E-state index contributed by atoms with van der Waals surface area (Å²) in [6.07, 6.45) is 2.04. The summed E-state index contributed by atoms with van der Waals surface area (Å²) in [6, 6.07) is 13.5. The van der Waals surface area contributed by atoms with Crippen LogP contribution < -0.4 is 19.5 Å². The van der Waals surface area contributed by atoms with Gasteiger partial charge in [-0.25, -0.2) is 0 Å². The van der Waals surface area contributed by atoms with Crippen molar-refractivity contribution in [3.8, 4) is 28.7 Å². The van der Waals surface area contributed by atoms with Gasteiger partial charge in [0.05, 0.1) is 18.8 Å². The number of phenols is 1. The predicted molar refractivity (Wildman–Crippen MR) is 95.2 cm³/mol. The van der Waals surface area contributed by atoms with Crippen LogP contribution in [0.3, 0.4) is 0 Å². The lowest BCUT2D eigenvalue weighted by Crippen LogP contribution is -2.21. The average molecular weight is 350 g/mol. The molecule has 0 radical (unpaired) electrons. The number of methoxy groups -OCH3 is 1. The van der Waals surface area contributed by atoms with Crippen molar-refractivity contribution >= 4 is 0 Å².